The Labute approximate surface area is 109 Å². The number of hydrogen-bond donors (Lipinski definition) is 2. The number of carbonyl (C=O) groups excluding carboxylic acids is 1. The minimum Gasteiger partial charge on any atom is -1.00 e. The van der Waals surface area contributed by atoms with E-state index in [-0.39, 0.29) is 25.9 Å². The van der Waals surface area contributed by atoms with Crippen molar-refractivity contribution < 1.29 is 20.6 Å². The van der Waals surface area contributed by atoms with Crippen LogP contribution in [-0.2, 0) is 14.9 Å². The Morgan fingerprint density at radius 2 is 1.93 bits per heavy atom. The smallest absolute Gasteiger partial charge is 1.00 e. The summed E-state index contributed by atoms with van der Waals surface area (Å²) in [6.07, 6.45) is 0.948. The van der Waals surface area contributed by atoms with Crippen molar-refractivity contribution in [3.63, 3.8) is 0 Å². The number of rotatable bonds is 3. The van der Waals surface area contributed by atoms with Crippen molar-refractivity contribution in [1.82, 2.24) is 5.32 Å². The maximum Gasteiger partial charge on any atom is 2.00 e. The van der Waals surface area contributed by atoms with Crippen LogP contribution in [0.5, 0.6) is 0 Å². The van der Waals surface area contributed by atoms with Crippen molar-refractivity contribution in [2.24, 2.45) is 5.41 Å². The van der Waals surface area contributed by atoms with Gasteiger partial charge in [0.05, 0.1) is 0 Å². The Bertz CT molecular complexity index is 340. The molecule has 7 heteroatoms. The second-order valence-corrected chi connectivity index (χ2v) is 5.48. The fourth-order valence-electron chi connectivity index (χ4n) is 0.926. The Hall–Kier alpha value is -0.114. The molecule has 0 radical (unpaired) electrons. The molecule has 0 fully saturated rings. The maximum absolute atomic E-state index is 10.9. The molecule has 0 bridgehead atoms. The summed E-state index contributed by atoms with van der Waals surface area (Å²) in [5.74, 6) is -0.637. The number of carbonyl (C=O) groups is 1. The minimum absolute atomic E-state index is 0. The molecular weight excluding hydrogens is 230 g/mol. The van der Waals surface area contributed by atoms with Gasteiger partial charge in [0.2, 0.25) is 5.91 Å². The van der Waals surface area contributed by atoms with Crippen molar-refractivity contribution in [2.75, 3.05) is 0 Å². The number of amides is 1. The van der Waals surface area contributed by atoms with E-state index in [2.05, 4.69) is 11.9 Å². The van der Waals surface area contributed by atoms with Crippen LogP contribution in [0.2, 0.25) is 0 Å². The average molecular weight is 248 g/mol. The molecule has 0 rings (SSSR count). The van der Waals surface area contributed by atoms with E-state index in [1.165, 1.54) is 0 Å². The third-order valence-corrected chi connectivity index (χ3v) is 2.96. The molecule has 2 N–H and O–H groups in total. The molecule has 86 valence electrons. The zero-order valence-corrected chi connectivity index (χ0v) is 11.4. The van der Waals surface area contributed by atoms with E-state index in [4.69, 9.17) is 4.55 Å². The van der Waals surface area contributed by atoms with Gasteiger partial charge in [0.1, 0.15) is 0 Å². The van der Waals surface area contributed by atoms with Crippen LogP contribution in [0.4, 0.5) is 0 Å². The summed E-state index contributed by atoms with van der Waals surface area (Å²) in [6, 6.07) is 0. The van der Waals surface area contributed by atoms with E-state index in [0.29, 0.717) is 0 Å². The van der Waals surface area contributed by atoms with E-state index in [1.807, 2.05) is 0 Å². The van der Waals surface area contributed by atoms with Crippen LogP contribution in [0.25, 0.3) is 0 Å². The van der Waals surface area contributed by atoms with Crippen molar-refractivity contribution in [1.29, 1.82) is 0 Å². The van der Waals surface area contributed by atoms with Gasteiger partial charge in [-0.25, -0.2) is 0 Å². The quantitative estimate of drug-likeness (QED) is 0.429. The Kier molecular flexibility index (Phi) is 6.72. The van der Waals surface area contributed by atoms with Crippen LogP contribution in [0.1, 0.15) is 23.6 Å². The standard InChI is InChI=1S/C8H15NO4S.Mg.2H/c1-5-6(10)9-7(8(2,3)4)14(11,12)13;;;/h5,7H,1H2,2-4H3,(H,9,10)(H,11,12,13);;;/q;+2;2*-1. The second-order valence-electron chi connectivity index (χ2n) is 3.97. The van der Waals surface area contributed by atoms with E-state index >= 15 is 0 Å². The molecule has 5 nitrogen and oxygen atoms in total. The van der Waals surface area contributed by atoms with E-state index in [1.54, 1.807) is 20.8 Å². The molecular formula is C8H17MgNO4S. The molecule has 0 spiro atoms. The van der Waals surface area contributed by atoms with Crippen molar-refractivity contribution >= 4 is 39.1 Å². The molecule has 0 heterocycles. The molecule has 0 aromatic carbocycles. The molecule has 0 aliphatic heterocycles. The van der Waals surface area contributed by atoms with Gasteiger partial charge in [-0.15, -0.1) is 0 Å². The first-order valence-electron chi connectivity index (χ1n) is 3.98. The van der Waals surface area contributed by atoms with Crippen molar-refractivity contribution in [3.8, 4) is 0 Å². The van der Waals surface area contributed by atoms with E-state index < -0.39 is 26.8 Å². The zero-order valence-electron chi connectivity index (χ0n) is 11.1. The van der Waals surface area contributed by atoms with Gasteiger partial charge >= 0.3 is 23.1 Å². The molecule has 0 aromatic heterocycles. The summed E-state index contributed by atoms with van der Waals surface area (Å²) >= 11 is 0. The average Bonchev–Trinajstić information content (AvgIpc) is 1.95. The van der Waals surface area contributed by atoms with Crippen LogP contribution in [0.15, 0.2) is 12.7 Å². The van der Waals surface area contributed by atoms with Gasteiger partial charge in [0.25, 0.3) is 10.1 Å². The molecule has 15 heavy (non-hydrogen) atoms. The fourth-order valence-corrected chi connectivity index (χ4v) is 2.08. The fraction of sp³-hybridized carbons (Fsp3) is 0.625. The minimum atomic E-state index is -4.31. The van der Waals surface area contributed by atoms with Crippen LogP contribution in [-0.4, -0.2) is 47.3 Å². The van der Waals surface area contributed by atoms with Gasteiger partial charge in [0.15, 0.2) is 5.37 Å². The second kappa shape index (κ2) is 5.83. The van der Waals surface area contributed by atoms with Crippen LogP contribution in [0, 0.1) is 5.41 Å². The summed E-state index contributed by atoms with van der Waals surface area (Å²) in [7, 11) is -4.31. The van der Waals surface area contributed by atoms with Crippen LogP contribution < -0.4 is 5.32 Å². The number of hydrogen-bond acceptors (Lipinski definition) is 3. The van der Waals surface area contributed by atoms with Crippen LogP contribution in [0.3, 0.4) is 0 Å². The summed E-state index contributed by atoms with van der Waals surface area (Å²) in [4.78, 5) is 10.9. The molecule has 1 unspecified atom stereocenters. The Balaban J connectivity index is -0.000000282. The first-order valence-corrected chi connectivity index (χ1v) is 5.48. The molecule has 0 aliphatic rings. The summed E-state index contributed by atoms with van der Waals surface area (Å²) in [5, 5.41) is 0.819. The molecule has 1 atom stereocenters. The SMILES string of the molecule is C=CC(=O)NC(C(C)(C)C)S(=O)(=O)O.[H-].[H-].[Mg+2]. The zero-order chi connectivity index (χ0) is 11.6. The summed E-state index contributed by atoms with van der Waals surface area (Å²) in [5.41, 5.74) is -0.785. The normalized spacial score (nSPS) is 13.6. The van der Waals surface area contributed by atoms with Gasteiger partial charge in [-0.05, 0) is 11.5 Å². The Morgan fingerprint density at radius 3 is 2.13 bits per heavy atom. The third kappa shape index (κ3) is 6.13. The number of nitrogens with one attached hydrogen (secondary N) is 1. The molecule has 0 aliphatic carbocycles. The van der Waals surface area contributed by atoms with Gasteiger partial charge in [-0.1, -0.05) is 27.4 Å². The van der Waals surface area contributed by atoms with E-state index in [0.717, 1.165) is 6.08 Å². The largest absolute Gasteiger partial charge is 2.00 e. The van der Waals surface area contributed by atoms with Crippen molar-refractivity contribution in [3.05, 3.63) is 12.7 Å². The third-order valence-electron chi connectivity index (χ3n) is 1.54. The first kappa shape index (κ1) is 17.3. The van der Waals surface area contributed by atoms with Gasteiger partial charge in [0, 0.05) is 0 Å². The predicted molar refractivity (Wildman–Crippen MR) is 61.1 cm³/mol. The van der Waals surface area contributed by atoms with Gasteiger partial charge < -0.3 is 8.17 Å². The molecule has 0 aromatic rings. The first-order chi connectivity index (χ1) is 6.09. The van der Waals surface area contributed by atoms with Crippen LogP contribution >= 0.6 is 0 Å². The van der Waals surface area contributed by atoms with Crippen molar-refractivity contribution in [2.45, 2.75) is 26.1 Å². The monoisotopic (exact) mass is 247 g/mol. The summed E-state index contributed by atoms with van der Waals surface area (Å²) < 4.78 is 30.8. The molecule has 1 amide bonds. The topological polar surface area (TPSA) is 83.5 Å². The Morgan fingerprint density at radius 1 is 1.53 bits per heavy atom. The molecule has 0 saturated heterocycles. The van der Waals surface area contributed by atoms with E-state index in [9.17, 15) is 13.2 Å². The predicted octanol–water partition coefficient (Wildman–Crippen LogP) is 0.393. The summed E-state index contributed by atoms with van der Waals surface area (Å²) in [6.45, 7) is 7.97. The maximum atomic E-state index is 10.9. The molecule has 0 saturated carbocycles. The van der Waals surface area contributed by atoms with Gasteiger partial charge in [-0.2, -0.15) is 8.42 Å². The van der Waals surface area contributed by atoms with Gasteiger partial charge in [-0.3, -0.25) is 9.35 Å².